The maximum atomic E-state index is 6.11. The van der Waals surface area contributed by atoms with Crippen LogP contribution in [0.4, 0.5) is 0 Å². The van der Waals surface area contributed by atoms with E-state index in [-0.39, 0.29) is 20.7 Å². The van der Waals surface area contributed by atoms with Crippen molar-refractivity contribution in [1.82, 2.24) is 0 Å². The minimum atomic E-state index is -1.29. The van der Waals surface area contributed by atoms with Gasteiger partial charge in [0.15, 0.2) is 0 Å². The largest absolute Gasteiger partial charge is 0.421 e. The Bertz CT molecular complexity index is 714. The van der Waals surface area contributed by atoms with Gasteiger partial charge in [-0.25, -0.2) is 0 Å². The topological polar surface area (TPSA) is 27.7 Å². The molecule has 25 heavy (non-hydrogen) atoms. The van der Waals surface area contributed by atoms with Gasteiger partial charge in [-0.15, -0.1) is 20.7 Å². The van der Waals surface area contributed by atoms with Crippen molar-refractivity contribution in [3.8, 4) is 5.75 Å². The van der Waals surface area contributed by atoms with Gasteiger partial charge in [0.2, 0.25) is 0 Å². The van der Waals surface area contributed by atoms with Gasteiger partial charge in [-0.3, -0.25) is 0 Å². The molecule has 1 atom stereocenters. The molecule has 1 aliphatic heterocycles. The number of benzene rings is 1. The molecule has 1 aromatic rings. The molecule has 0 amide bonds. The molecule has 0 saturated carbocycles. The van der Waals surface area contributed by atoms with Crippen molar-refractivity contribution in [2.45, 2.75) is 19.8 Å². The van der Waals surface area contributed by atoms with Gasteiger partial charge < -0.3 is 14.2 Å². The summed E-state index contributed by atoms with van der Waals surface area (Å²) >= 11 is -0.0609. The standard InChI is InChI=1S/C21H23IO3/c1-4-6-12-18(5-2)23-21(3,24-19-13-8-7-9-14-19)25-20-15-10-11-16-22-17-20/h4-15,17H,1,16H2,2-3H3/b12-6-,18-5+. The highest BCUT2D eigenvalue weighted by Gasteiger charge is 2.33. The highest BCUT2D eigenvalue weighted by atomic mass is 127. The fraction of sp³-hybridized carbons (Fsp3) is 0.190. The summed E-state index contributed by atoms with van der Waals surface area (Å²) in [5.41, 5.74) is 0. The van der Waals surface area contributed by atoms with Crippen molar-refractivity contribution in [2.75, 3.05) is 4.43 Å². The van der Waals surface area contributed by atoms with Crippen LogP contribution in [-0.2, 0) is 9.47 Å². The number of rotatable bonds is 8. The summed E-state index contributed by atoms with van der Waals surface area (Å²) in [7, 11) is 0. The molecule has 0 bridgehead atoms. The fourth-order valence-electron chi connectivity index (χ4n) is 2.02. The van der Waals surface area contributed by atoms with Crippen molar-refractivity contribution in [3.63, 3.8) is 0 Å². The lowest BCUT2D eigenvalue weighted by Gasteiger charge is -2.31. The van der Waals surface area contributed by atoms with Gasteiger partial charge in [-0.1, -0.05) is 49.1 Å². The van der Waals surface area contributed by atoms with Crippen LogP contribution in [0.3, 0.4) is 0 Å². The predicted octanol–water partition coefficient (Wildman–Crippen LogP) is 5.64. The van der Waals surface area contributed by atoms with Crippen molar-refractivity contribution in [2.24, 2.45) is 0 Å². The molecule has 0 spiro atoms. The van der Waals surface area contributed by atoms with Crippen molar-refractivity contribution in [1.29, 1.82) is 0 Å². The van der Waals surface area contributed by atoms with Crippen LogP contribution in [0.2, 0.25) is 0 Å². The second-order valence-electron chi connectivity index (χ2n) is 5.18. The number of hydrogen-bond donors (Lipinski definition) is 0. The number of halogens is 1. The maximum absolute atomic E-state index is 6.11. The number of allylic oxidation sites excluding steroid dienone is 8. The quantitative estimate of drug-likeness (QED) is 0.169. The van der Waals surface area contributed by atoms with E-state index in [1.807, 2.05) is 67.6 Å². The molecule has 1 heterocycles. The summed E-state index contributed by atoms with van der Waals surface area (Å²) in [6.45, 7) is 7.36. The number of ether oxygens (including phenoxy) is 3. The molecule has 0 aliphatic carbocycles. The number of hydrogen-bond acceptors (Lipinski definition) is 3. The van der Waals surface area contributed by atoms with Crippen LogP contribution in [0.15, 0.2) is 91.0 Å². The van der Waals surface area contributed by atoms with Crippen LogP contribution in [0.5, 0.6) is 5.75 Å². The van der Waals surface area contributed by atoms with Crippen LogP contribution in [0.25, 0.3) is 0 Å². The van der Waals surface area contributed by atoms with E-state index < -0.39 is 5.97 Å². The predicted molar refractivity (Wildman–Crippen MR) is 113 cm³/mol. The Morgan fingerprint density at radius 3 is 2.76 bits per heavy atom. The van der Waals surface area contributed by atoms with Crippen LogP contribution < -0.4 is 4.74 Å². The summed E-state index contributed by atoms with van der Waals surface area (Å²) in [4.78, 5) is 0. The highest BCUT2D eigenvalue weighted by molar-refractivity contribution is 14.2. The van der Waals surface area contributed by atoms with Crippen LogP contribution >= 0.6 is 20.7 Å². The molecule has 1 aromatic carbocycles. The van der Waals surface area contributed by atoms with Gasteiger partial charge in [0, 0.05) is 8.44 Å². The van der Waals surface area contributed by atoms with E-state index in [1.54, 1.807) is 13.0 Å². The van der Waals surface area contributed by atoms with Crippen LogP contribution in [0, 0.1) is 0 Å². The molecule has 4 heteroatoms. The monoisotopic (exact) mass is 450 g/mol. The zero-order chi connectivity index (χ0) is 18.0. The first-order chi connectivity index (χ1) is 12.1. The Morgan fingerprint density at radius 2 is 2.04 bits per heavy atom. The van der Waals surface area contributed by atoms with Crippen molar-refractivity contribution >= 4 is 24.7 Å². The molecule has 1 unspecified atom stereocenters. The summed E-state index contributed by atoms with van der Waals surface area (Å²) in [6.07, 6.45) is 13.3. The minimum absolute atomic E-state index is 0.0609. The van der Waals surface area contributed by atoms with E-state index in [4.69, 9.17) is 14.2 Å². The van der Waals surface area contributed by atoms with Gasteiger partial charge in [-0.05, 0) is 37.3 Å². The minimum Gasteiger partial charge on any atom is -0.421 e. The van der Waals surface area contributed by atoms with Gasteiger partial charge in [0.05, 0.1) is 6.92 Å². The lowest BCUT2D eigenvalue weighted by atomic mass is 10.3. The molecular formula is C21H23IO3. The lowest BCUT2D eigenvalue weighted by Crippen LogP contribution is -2.38. The molecule has 0 radical (unpaired) electrons. The maximum Gasteiger partial charge on any atom is 0.414 e. The first-order valence-corrected chi connectivity index (χ1v) is 10.8. The second-order valence-corrected chi connectivity index (χ2v) is 7.57. The summed E-state index contributed by atoms with van der Waals surface area (Å²) in [5, 5.41) is 0. The lowest BCUT2D eigenvalue weighted by molar-refractivity contribution is -0.292. The zero-order valence-corrected chi connectivity index (χ0v) is 16.7. The van der Waals surface area contributed by atoms with E-state index in [0.29, 0.717) is 11.5 Å². The third-order valence-electron chi connectivity index (χ3n) is 3.09. The molecular weight excluding hydrogens is 427 g/mol. The first-order valence-electron chi connectivity index (χ1n) is 8.00. The molecule has 3 nitrogen and oxygen atoms in total. The zero-order valence-electron chi connectivity index (χ0n) is 14.5. The normalized spacial score (nSPS) is 17.0. The van der Waals surface area contributed by atoms with E-state index in [9.17, 15) is 0 Å². The molecule has 0 aromatic heterocycles. The molecule has 2 rings (SSSR count). The van der Waals surface area contributed by atoms with E-state index in [2.05, 4.69) is 16.7 Å². The average molecular weight is 450 g/mol. The van der Waals surface area contributed by atoms with Gasteiger partial charge >= 0.3 is 5.97 Å². The molecule has 0 saturated heterocycles. The van der Waals surface area contributed by atoms with Gasteiger partial charge in [0.25, 0.3) is 0 Å². The Morgan fingerprint density at radius 1 is 1.24 bits per heavy atom. The molecule has 0 N–H and O–H groups in total. The summed E-state index contributed by atoms with van der Waals surface area (Å²) in [5.74, 6) is 0.785. The third kappa shape index (κ3) is 6.74. The van der Waals surface area contributed by atoms with E-state index in [0.717, 1.165) is 10.2 Å². The fourth-order valence-corrected chi connectivity index (χ4v) is 3.63. The molecule has 132 valence electrons. The van der Waals surface area contributed by atoms with Gasteiger partial charge in [-0.2, -0.15) is 0 Å². The molecule has 0 fully saturated rings. The van der Waals surface area contributed by atoms with E-state index in [1.165, 1.54) is 0 Å². The summed E-state index contributed by atoms with van der Waals surface area (Å²) in [6, 6.07) is 9.51. The Kier molecular flexibility index (Phi) is 7.73. The number of alkyl halides is 1. The average Bonchev–Trinajstić information content (AvgIpc) is 2.87. The second kappa shape index (κ2) is 10.0. The van der Waals surface area contributed by atoms with E-state index >= 15 is 0 Å². The smallest absolute Gasteiger partial charge is 0.414 e. The van der Waals surface area contributed by atoms with Crippen LogP contribution in [0.1, 0.15) is 13.8 Å². The van der Waals surface area contributed by atoms with Crippen LogP contribution in [-0.4, -0.2) is 14.4 Å². The molecule has 1 aliphatic rings. The van der Waals surface area contributed by atoms with Crippen molar-refractivity contribution < 1.29 is 14.2 Å². The summed E-state index contributed by atoms with van der Waals surface area (Å²) < 4.78 is 21.4. The Labute approximate surface area is 159 Å². The highest BCUT2D eigenvalue weighted by Crippen LogP contribution is 2.26. The van der Waals surface area contributed by atoms with Crippen molar-refractivity contribution in [3.05, 3.63) is 91.0 Å². The Balaban J connectivity index is 2.25. The SMILES string of the molecule is C=C/C=C\C(=C/C)OC(C)(OC1=CC=CCI=C1)Oc1ccccc1. The third-order valence-corrected chi connectivity index (χ3v) is 5.16. The first kappa shape index (κ1) is 19.2. The number of para-hydroxylation sites is 1. The van der Waals surface area contributed by atoms with Gasteiger partial charge in [0.1, 0.15) is 17.3 Å². The Hall–Kier alpha value is -2.08.